The van der Waals surface area contributed by atoms with E-state index in [1.807, 2.05) is 0 Å². The van der Waals surface area contributed by atoms with Gasteiger partial charge in [-0.2, -0.15) is 0 Å². The normalized spacial score (nSPS) is 33.5. The molecule has 3 heteroatoms. The molecule has 1 heterocycles. The van der Waals surface area contributed by atoms with Crippen LogP contribution in [0.5, 0.6) is 0 Å². The van der Waals surface area contributed by atoms with E-state index in [1.54, 1.807) is 7.11 Å². The minimum Gasteiger partial charge on any atom is -0.385 e. The number of hydrogen-bond donors (Lipinski definition) is 1. The average Bonchev–Trinajstić information content (AvgIpc) is 2.40. The molecule has 118 valence electrons. The molecule has 1 saturated carbocycles. The molecule has 3 nitrogen and oxygen atoms in total. The molecule has 1 N–H and O–H groups in total. The van der Waals surface area contributed by atoms with Crippen LogP contribution in [0.25, 0.3) is 0 Å². The van der Waals surface area contributed by atoms with Crippen LogP contribution in [0.1, 0.15) is 52.4 Å². The first kappa shape index (κ1) is 16.3. The van der Waals surface area contributed by atoms with E-state index in [0.717, 1.165) is 30.5 Å². The third kappa shape index (κ3) is 5.34. The molecule has 1 aliphatic heterocycles. The smallest absolute Gasteiger partial charge is 0.0474 e. The molecular weight excluding hydrogens is 248 g/mol. The Kier molecular flexibility index (Phi) is 6.79. The number of piperidine rings is 1. The van der Waals surface area contributed by atoms with Crippen molar-refractivity contribution in [2.75, 3.05) is 33.4 Å². The second-order valence-electron chi connectivity index (χ2n) is 7.24. The Labute approximate surface area is 125 Å². The SMILES string of the molecule is COCCCN1CCC(NC2C[C@@H](C)C[C@H](C)C2)CC1. The van der Waals surface area contributed by atoms with E-state index < -0.39 is 0 Å². The van der Waals surface area contributed by atoms with Crippen LogP contribution in [-0.2, 0) is 4.74 Å². The van der Waals surface area contributed by atoms with Crippen LogP contribution >= 0.6 is 0 Å². The molecule has 2 atom stereocenters. The highest BCUT2D eigenvalue weighted by Gasteiger charge is 2.27. The number of nitrogens with zero attached hydrogens (tertiary/aromatic N) is 1. The lowest BCUT2D eigenvalue weighted by Gasteiger charge is -2.38. The molecule has 2 fully saturated rings. The summed E-state index contributed by atoms with van der Waals surface area (Å²) in [6.07, 6.45) is 8.03. The lowest BCUT2D eigenvalue weighted by molar-refractivity contribution is 0.143. The van der Waals surface area contributed by atoms with Crippen molar-refractivity contribution in [2.45, 2.75) is 64.5 Å². The van der Waals surface area contributed by atoms with Gasteiger partial charge >= 0.3 is 0 Å². The number of hydrogen-bond acceptors (Lipinski definition) is 3. The highest BCUT2D eigenvalue weighted by atomic mass is 16.5. The molecule has 2 aliphatic rings. The molecule has 0 radical (unpaired) electrons. The summed E-state index contributed by atoms with van der Waals surface area (Å²) in [4.78, 5) is 2.60. The summed E-state index contributed by atoms with van der Waals surface area (Å²) in [5.41, 5.74) is 0. The zero-order valence-corrected chi connectivity index (χ0v) is 13.7. The number of ether oxygens (including phenoxy) is 1. The molecule has 0 unspecified atom stereocenters. The van der Waals surface area contributed by atoms with Crippen LogP contribution in [0, 0.1) is 11.8 Å². The summed E-state index contributed by atoms with van der Waals surface area (Å²) in [6, 6.07) is 1.54. The topological polar surface area (TPSA) is 24.5 Å². The zero-order chi connectivity index (χ0) is 14.4. The molecule has 20 heavy (non-hydrogen) atoms. The Morgan fingerprint density at radius 1 is 1.00 bits per heavy atom. The van der Waals surface area contributed by atoms with Crippen LogP contribution in [0.4, 0.5) is 0 Å². The third-order valence-corrected chi connectivity index (χ3v) is 5.06. The van der Waals surface area contributed by atoms with Gasteiger partial charge in [-0.25, -0.2) is 0 Å². The van der Waals surface area contributed by atoms with E-state index in [2.05, 4.69) is 24.1 Å². The summed E-state index contributed by atoms with van der Waals surface area (Å²) in [6.45, 7) is 9.47. The monoisotopic (exact) mass is 282 g/mol. The van der Waals surface area contributed by atoms with Gasteiger partial charge in [-0.3, -0.25) is 0 Å². The maximum absolute atomic E-state index is 5.14. The third-order valence-electron chi connectivity index (χ3n) is 5.06. The van der Waals surface area contributed by atoms with Crippen molar-refractivity contribution in [1.29, 1.82) is 0 Å². The van der Waals surface area contributed by atoms with E-state index in [0.29, 0.717) is 0 Å². The summed E-state index contributed by atoms with van der Waals surface area (Å²) >= 11 is 0. The molecule has 2 rings (SSSR count). The molecule has 0 bridgehead atoms. The standard InChI is InChI=1S/C17H34N2O/c1-14-11-15(2)13-17(12-14)18-16-5-8-19(9-6-16)7-4-10-20-3/h14-18H,4-13H2,1-3H3/t14-,15-/m0/s1. The number of methoxy groups -OCH3 is 1. The van der Waals surface area contributed by atoms with Crippen LogP contribution in [-0.4, -0.2) is 50.3 Å². The highest BCUT2D eigenvalue weighted by molar-refractivity contribution is 4.85. The quantitative estimate of drug-likeness (QED) is 0.758. The van der Waals surface area contributed by atoms with Crippen molar-refractivity contribution in [1.82, 2.24) is 10.2 Å². The Balaban J connectivity index is 1.64. The summed E-state index contributed by atoms with van der Waals surface area (Å²) in [5.74, 6) is 1.82. The highest BCUT2D eigenvalue weighted by Crippen LogP contribution is 2.29. The minimum absolute atomic E-state index is 0.760. The molecule has 0 spiro atoms. The molecule has 0 aromatic rings. The largest absolute Gasteiger partial charge is 0.385 e. The van der Waals surface area contributed by atoms with Gasteiger partial charge in [-0.15, -0.1) is 0 Å². The zero-order valence-electron chi connectivity index (χ0n) is 13.7. The Morgan fingerprint density at radius 2 is 1.65 bits per heavy atom. The van der Waals surface area contributed by atoms with Gasteiger partial charge in [0.15, 0.2) is 0 Å². The van der Waals surface area contributed by atoms with Gasteiger partial charge in [-0.05, 0) is 63.5 Å². The van der Waals surface area contributed by atoms with Crippen molar-refractivity contribution in [2.24, 2.45) is 11.8 Å². The van der Waals surface area contributed by atoms with Crippen LogP contribution in [0.15, 0.2) is 0 Å². The van der Waals surface area contributed by atoms with E-state index in [-0.39, 0.29) is 0 Å². The Bertz CT molecular complexity index is 254. The van der Waals surface area contributed by atoms with Crippen molar-refractivity contribution in [3.8, 4) is 0 Å². The van der Waals surface area contributed by atoms with E-state index in [1.165, 1.54) is 58.2 Å². The van der Waals surface area contributed by atoms with E-state index >= 15 is 0 Å². The second kappa shape index (κ2) is 8.35. The van der Waals surface area contributed by atoms with Crippen molar-refractivity contribution in [3.05, 3.63) is 0 Å². The van der Waals surface area contributed by atoms with Gasteiger partial charge in [0.2, 0.25) is 0 Å². The Hall–Kier alpha value is -0.120. The first-order valence-electron chi connectivity index (χ1n) is 8.64. The molecule has 0 amide bonds. The molecule has 1 saturated heterocycles. The maximum atomic E-state index is 5.14. The van der Waals surface area contributed by atoms with Gasteiger partial charge in [0.1, 0.15) is 0 Å². The molecule has 0 aromatic heterocycles. The molecular formula is C17H34N2O. The van der Waals surface area contributed by atoms with Gasteiger partial charge in [0.05, 0.1) is 0 Å². The van der Waals surface area contributed by atoms with Crippen LogP contribution in [0.2, 0.25) is 0 Å². The summed E-state index contributed by atoms with van der Waals surface area (Å²) in [7, 11) is 1.79. The predicted molar refractivity (Wildman–Crippen MR) is 85.1 cm³/mol. The van der Waals surface area contributed by atoms with E-state index in [9.17, 15) is 0 Å². The van der Waals surface area contributed by atoms with Crippen molar-refractivity contribution in [3.63, 3.8) is 0 Å². The Morgan fingerprint density at radius 3 is 2.25 bits per heavy atom. The van der Waals surface area contributed by atoms with Crippen LogP contribution < -0.4 is 5.32 Å². The van der Waals surface area contributed by atoms with Gasteiger partial charge in [0.25, 0.3) is 0 Å². The first-order chi connectivity index (χ1) is 9.67. The number of rotatable bonds is 6. The van der Waals surface area contributed by atoms with Gasteiger partial charge in [0, 0.05) is 32.3 Å². The summed E-state index contributed by atoms with van der Waals surface area (Å²) < 4.78 is 5.14. The molecule has 0 aromatic carbocycles. The fourth-order valence-electron chi connectivity index (χ4n) is 4.17. The molecule has 1 aliphatic carbocycles. The predicted octanol–water partition coefficient (Wildman–Crippen LogP) is 2.90. The number of nitrogens with one attached hydrogen (secondary N) is 1. The lowest BCUT2D eigenvalue weighted by Crippen LogP contribution is -2.48. The van der Waals surface area contributed by atoms with Crippen LogP contribution in [0.3, 0.4) is 0 Å². The fourth-order valence-corrected chi connectivity index (χ4v) is 4.17. The summed E-state index contributed by atoms with van der Waals surface area (Å²) in [5, 5.41) is 3.96. The lowest BCUT2D eigenvalue weighted by atomic mass is 9.80. The fraction of sp³-hybridized carbons (Fsp3) is 1.00. The second-order valence-corrected chi connectivity index (χ2v) is 7.24. The first-order valence-corrected chi connectivity index (χ1v) is 8.64. The minimum atomic E-state index is 0.760. The van der Waals surface area contributed by atoms with Crippen molar-refractivity contribution >= 4 is 0 Å². The maximum Gasteiger partial charge on any atom is 0.0474 e. The average molecular weight is 282 g/mol. The van der Waals surface area contributed by atoms with Crippen molar-refractivity contribution < 1.29 is 4.74 Å². The number of likely N-dealkylation sites (tertiary alicyclic amines) is 1. The van der Waals surface area contributed by atoms with E-state index in [4.69, 9.17) is 4.74 Å². The van der Waals surface area contributed by atoms with Gasteiger partial charge < -0.3 is 15.0 Å². The van der Waals surface area contributed by atoms with Gasteiger partial charge in [-0.1, -0.05) is 13.8 Å².